The molecule has 1 atom stereocenters. The van der Waals surface area contributed by atoms with Crippen LogP contribution >= 0.6 is 11.8 Å². The predicted molar refractivity (Wildman–Crippen MR) is 66.0 cm³/mol. The van der Waals surface area contributed by atoms with Crippen LogP contribution in [0, 0.1) is 0 Å². The van der Waals surface area contributed by atoms with E-state index in [2.05, 4.69) is 15.4 Å². The van der Waals surface area contributed by atoms with Gasteiger partial charge in [0.2, 0.25) is 11.1 Å². The summed E-state index contributed by atoms with van der Waals surface area (Å²) in [5.41, 5.74) is 1.93. The minimum Gasteiger partial charge on any atom is -0.328 e. The van der Waals surface area contributed by atoms with Gasteiger partial charge in [0.05, 0.1) is 6.04 Å². The highest BCUT2D eigenvalue weighted by molar-refractivity contribution is 7.98. The maximum Gasteiger partial charge on any atom is 0.227 e. The first-order valence-corrected chi connectivity index (χ1v) is 6.97. The second-order valence-electron chi connectivity index (χ2n) is 4.34. The molecular weight excluding hydrogens is 236 g/mol. The number of nitrogens with one attached hydrogen (secondary N) is 1. The molecule has 5 nitrogen and oxygen atoms in total. The van der Waals surface area contributed by atoms with E-state index in [-0.39, 0.29) is 11.8 Å². The quantitative estimate of drug-likeness (QED) is 0.772. The van der Waals surface area contributed by atoms with Crippen LogP contribution in [0.2, 0.25) is 0 Å². The molecule has 0 spiro atoms. The van der Waals surface area contributed by atoms with Gasteiger partial charge in [-0.3, -0.25) is 4.79 Å². The number of Topliss-reactive ketones (excluding diaryl/α,β-unsaturated/α-hetero) is 1. The number of carbonyl (C=O) groups excluding carboxylic acids is 1. The Kier molecular flexibility index (Phi) is 2.47. The number of nitrogens with zero attached hydrogens (tertiary/aromatic N) is 3. The van der Waals surface area contributed by atoms with Gasteiger partial charge in [-0.2, -0.15) is 4.98 Å². The first-order valence-electron chi connectivity index (χ1n) is 5.74. The molecule has 1 aromatic rings. The lowest BCUT2D eigenvalue weighted by atomic mass is 9.89. The Morgan fingerprint density at radius 3 is 3.06 bits per heavy atom. The predicted octanol–water partition coefficient (Wildman–Crippen LogP) is 1.99. The third-order valence-corrected chi connectivity index (χ3v) is 3.84. The maximum atomic E-state index is 12.0. The van der Waals surface area contributed by atoms with Crippen molar-refractivity contribution in [2.24, 2.45) is 0 Å². The third kappa shape index (κ3) is 1.58. The van der Waals surface area contributed by atoms with Crippen LogP contribution in [-0.4, -0.2) is 26.8 Å². The lowest BCUT2D eigenvalue weighted by molar-refractivity contribution is -0.116. The van der Waals surface area contributed by atoms with Crippen LogP contribution in [-0.2, 0) is 4.79 Å². The monoisotopic (exact) mass is 250 g/mol. The zero-order valence-electron chi connectivity index (χ0n) is 9.86. The smallest absolute Gasteiger partial charge is 0.227 e. The molecule has 0 bridgehead atoms. The molecule has 6 heteroatoms. The molecule has 0 saturated carbocycles. The Morgan fingerprint density at radius 2 is 2.29 bits per heavy atom. The molecule has 17 heavy (non-hydrogen) atoms. The number of allylic oxidation sites excluding steroid dienone is 2. The minimum atomic E-state index is 0.00227. The number of fused-ring (bicyclic) bond motifs is 1. The Labute approximate surface area is 104 Å². The van der Waals surface area contributed by atoms with Gasteiger partial charge in [0, 0.05) is 17.7 Å². The first kappa shape index (κ1) is 10.8. The van der Waals surface area contributed by atoms with E-state index in [1.165, 1.54) is 11.8 Å². The topological polar surface area (TPSA) is 59.8 Å². The van der Waals surface area contributed by atoms with Crippen molar-refractivity contribution >= 4 is 23.5 Å². The van der Waals surface area contributed by atoms with Crippen LogP contribution in [0.1, 0.15) is 32.2 Å². The summed E-state index contributed by atoms with van der Waals surface area (Å²) in [7, 11) is 0. The van der Waals surface area contributed by atoms with E-state index in [1.54, 1.807) is 0 Å². The van der Waals surface area contributed by atoms with Crippen molar-refractivity contribution in [2.75, 3.05) is 11.6 Å². The number of thioether (sulfide) groups is 1. The molecule has 0 fully saturated rings. The van der Waals surface area contributed by atoms with Crippen molar-refractivity contribution in [1.29, 1.82) is 0 Å². The van der Waals surface area contributed by atoms with Gasteiger partial charge in [0.1, 0.15) is 0 Å². The number of anilines is 1. The van der Waals surface area contributed by atoms with Crippen LogP contribution in [0.25, 0.3) is 0 Å². The molecule has 0 amide bonds. The van der Waals surface area contributed by atoms with Gasteiger partial charge in [0.15, 0.2) is 5.78 Å². The Balaban J connectivity index is 2.06. The molecular formula is C11H14N4OS. The van der Waals surface area contributed by atoms with E-state index in [1.807, 2.05) is 17.9 Å². The molecule has 90 valence electrons. The Hall–Kier alpha value is -1.30. The van der Waals surface area contributed by atoms with Crippen LogP contribution in [0.3, 0.4) is 0 Å². The largest absolute Gasteiger partial charge is 0.328 e. The van der Waals surface area contributed by atoms with E-state index < -0.39 is 0 Å². The molecule has 1 aliphatic carbocycles. The summed E-state index contributed by atoms with van der Waals surface area (Å²) >= 11 is 1.51. The van der Waals surface area contributed by atoms with Crippen molar-refractivity contribution < 1.29 is 4.79 Å². The Bertz CT molecular complexity index is 520. The fourth-order valence-electron chi connectivity index (χ4n) is 2.48. The van der Waals surface area contributed by atoms with Gasteiger partial charge in [-0.05, 0) is 26.0 Å². The molecule has 1 aliphatic heterocycles. The van der Waals surface area contributed by atoms with Crippen LogP contribution in [0.4, 0.5) is 5.95 Å². The maximum absolute atomic E-state index is 12.0. The lowest BCUT2D eigenvalue weighted by Gasteiger charge is -2.29. The van der Waals surface area contributed by atoms with Gasteiger partial charge in [-0.15, -0.1) is 5.10 Å². The van der Waals surface area contributed by atoms with E-state index in [0.717, 1.165) is 35.2 Å². The molecule has 0 radical (unpaired) electrons. The number of aromatic nitrogens is 3. The second-order valence-corrected chi connectivity index (χ2v) is 5.11. The number of carbonyl (C=O) groups is 1. The van der Waals surface area contributed by atoms with Gasteiger partial charge in [0.25, 0.3) is 0 Å². The number of hydrogen-bond donors (Lipinski definition) is 1. The van der Waals surface area contributed by atoms with Gasteiger partial charge >= 0.3 is 0 Å². The molecule has 1 aromatic heterocycles. The van der Waals surface area contributed by atoms with Gasteiger partial charge in [-0.1, -0.05) is 11.8 Å². The van der Waals surface area contributed by atoms with Crippen molar-refractivity contribution in [3.8, 4) is 0 Å². The zero-order valence-corrected chi connectivity index (χ0v) is 10.7. The highest BCUT2D eigenvalue weighted by atomic mass is 32.2. The van der Waals surface area contributed by atoms with Crippen molar-refractivity contribution in [1.82, 2.24) is 14.8 Å². The summed E-state index contributed by atoms with van der Waals surface area (Å²) in [5.74, 6) is 1.01. The van der Waals surface area contributed by atoms with E-state index in [4.69, 9.17) is 0 Å². The second kappa shape index (κ2) is 3.87. The number of rotatable bonds is 1. The van der Waals surface area contributed by atoms with Crippen LogP contribution < -0.4 is 5.32 Å². The van der Waals surface area contributed by atoms with Crippen LogP contribution in [0.5, 0.6) is 0 Å². The summed E-state index contributed by atoms with van der Waals surface area (Å²) in [6.07, 6.45) is 4.47. The summed E-state index contributed by atoms with van der Waals surface area (Å²) in [4.78, 5) is 16.4. The number of ketones is 1. The van der Waals surface area contributed by atoms with E-state index in [9.17, 15) is 4.79 Å². The third-order valence-electron chi connectivity index (χ3n) is 3.30. The highest BCUT2D eigenvalue weighted by Crippen LogP contribution is 2.36. The van der Waals surface area contributed by atoms with E-state index >= 15 is 0 Å². The summed E-state index contributed by atoms with van der Waals surface area (Å²) in [5, 5.41) is 8.39. The lowest BCUT2D eigenvalue weighted by Crippen LogP contribution is -2.29. The first-order chi connectivity index (χ1) is 8.20. The molecule has 3 rings (SSSR count). The SMILES string of the molecule is CSc1nc2n(n1)[C@H](C)C1=C(CCCC1=O)N2. The fourth-order valence-corrected chi connectivity index (χ4v) is 2.83. The molecule has 1 N–H and O–H groups in total. The summed E-state index contributed by atoms with van der Waals surface area (Å²) in [6.45, 7) is 2.02. The molecule has 2 heterocycles. The van der Waals surface area contributed by atoms with Gasteiger partial charge in [-0.25, -0.2) is 4.68 Å². The molecule has 0 aromatic carbocycles. The summed E-state index contributed by atoms with van der Waals surface area (Å²) in [6, 6.07) is 0.00227. The van der Waals surface area contributed by atoms with Crippen LogP contribution in [0.15, 0.2) is 16.4 Å². The van der Waals surface area contributed by atoms with Crippen molar-refractivity contribution in [3.63, 3.8) is 0 Å². The normalized spacial score (nSPS) is 23.2. The highest BCUT2D eigenvalue weighted by Gasteiger charge is 2.32. The van der Waals surface area contributed by atoms with Crippen molar-refractivity contribution in [3.05, 3.63) is 11.3 Å². The van der Waals surface area contributed by atoms with E-state index in [0.29, 0.717) is 6.42 Å². The Morgan fingerprint density at radius 1 is 1.47 bits per heavy atom. The average Bonchev–Trinajstić information content (AvgIpc) is 2.72. The molecule has 2 aliphatic rings. The average molecular weight is 250 g/mol. The van der Waals surface area contributed by atoms with Crippen molar-refractivity contribution in [2.45, 2.75) is 37.4 Å². The summed E-state index contributed by atoms with van der Waals surface area (Å²) < 4.78 is 1.81. The van der Waals surface area contributed by atoms with Gasteiger partial charge < -0.3 is 5.32 Å². The zero-order chi connectivity index (χ0) is 12.0. The standard InChI is InChI=1S/C11H14N4OS/c1-6-9-7(4-3-5-8(9)16)12-10-13-11(17-2)14-15(6)10/h6H,3-5H2,1-2H3,(H,12,13,14)/t6-/m1/s1. The minimum absolute atomic E-state index is 0.00227. The number of hydrogen-bond acceptors (Lipinski definition) is 5. The molecule has 0 unspecified atom stereocenters. The fraction of sp³-hybridized carbons (Fsp3) is 0.545. The molecule has 0 saturated heterocycles.